The Morgan fingerprint density at radius 3 is 2.73 bits per heavy atom. The lowest BCUT2D eigenvalue weighted by Gasteiger charge is -1.99. The molecule has 56 valence electrons. The molecule has 0 aliphatic carbocycles. The molecule has 11 heavy (non-hydrogen) atoms. The first-order valence-electron chi connectivity index (χ1n) is 3.31. The zero-order valence-electron chi connectivity index (χ0n) is 6.18. The maximum Gasteiger partial charge on any atom is 0.0136 e. The number of hydrogen-bond acceptors (Lipinski definition) is 0. The van der Waals surface area contributed by atoms with Crippen LogP contribution in [-0.2, 0) is 0 Å². The van der Waals surface area contributed by atoms with Crippen LogP contribution in [0, 0.1) is 3.57 Å². The normalized spacial score (nSPS) is 9.18. The first-order chi connectivity index (χ1) is 5.24. The minimum Gasteiger partial charge on any atom is -0.0985 e. The highest BCUT2D eigenvalue weighted by Crippen LogP contribution is 2.15. The highest BCUT2D eigenvalue weighted by Gasteiger charge is 1.93. The molecule has 0 aliphatic rings. The Labute approximate surface area is 80.8 Å². The maximum absolute atomic E-state index is 3.86. The second-order valence-corrected chi connectivity index (χ2v) is 3.49. The lowest BCUT2D eigenvalue weighted by atomic mass is 10.1. The van der Waals surface area contributed by atoms with Gasteiger partial charge in [-0.2, -0.15) is 0 Å². The molecular formula is C10H9I. The van der Waals surface area contributed by atoms with Crippen molar-refractivity contribution in [2.45, 2.75) is 0 Å². The summed E-state index contributed by atoms with van der Waals surface area (Å²) in [4.78, 5) is 0. The van der Waals surface area contributed by atoms with Crippen LogP contribution in [-0.4, -0.2) is 0 Å². The molecule has 1 aromatic carbocycles. The van der Waals surface area contributed by atoms with Crippen LogP contribution in [0.1, 0.15) is 5.56 Å². The van der Waals surface area contributed by atoms with Gasteiger partial charge in [-0.1, -0.05) is 31.4 Å². The molecule has 1 rings (SSSR count). The fraction of sp³-hybridized carbons (Fsp3) is 0. The van der Waals surface area contributed by atoms with E-state index in [0.717, 1.165) is 11.1 Å². The first kappa shape index (κ1) is 8.53. The van der Waals surface area contributed by atoms with Gasteiger partial charge in [0.1, 0.15) is 0 Å². The van der Waals surface area contributed by atoms with E-state index in [1.165, 1.54) is 3.57 Å². The topological polar surface area (TPSA) is 0 Å². The summed E-state index contributed by atoms with van der Waals surface area (Å²) in [6.45, 7) is 7.53. The summed E-state index contributed by atoms with van der Waals surface area (Å²) in [7, 11) is 0. The highest BCUT2D eigenvalue weighted by molar-refractivity contribution is 14.1. The lowest BCUT2D eigenvalue weighted by molar-refractivity contribution is 1.58. The van der Waals surface area contributed by atoms with E-state index in [9.17, 15) is 0 Å². The third kappa shape index (κ3) is 2.19. The van der Waals surface area contributed by atoms with Gasteiger partial charge in [-0.15, -0.1) is 0 Å². The molecule has 0 amide bonds. The molecule has 0 N–H and O–H groups in total. The van der Waals surface area contributed by atoms with E-state index in [4.69, 9.17) is 0 Å². The van der Waals surface area contributed by atoms with E-state index in [0.29, 0.717) is 0 Å². The van der Waals surface area contributed by atoms with Gasteiger partial charge in [0.15, 0.2) is 0 Å². The number of halogens is 1. The summed E-state index contributed by atoms with van der Waals surface area (Å²) < 4.78 is 1.23. The molecular weight excluding hydrogens is 247 g/mol. The van der Waals surface area contributed by atoms with Crippen LogP contribution < -0.4 is 0 Å². The second kappa shape index (κ2) is 3.72. The van der Waals surface area contributed by atoms with Crippen LogP contribution in [0.2, 0.25) is 0 Å². The van der Waals surface area contributed by atoms with E-state index in [1.807, 2.05) is 12.1 Å². The van der Waals surface area contributed by atoms with Crippen molar-refractivity contribution in [3.8, 4) is 0 Å². The fourth-order valence-electron chi connectivity index (χ4n) is 0.806. The number of benzene rings is 1. The number of allylic oxidation sites excluding steroid dienone is 2. The largest absolute Gasteiger partial charge is 0.0985 e. The van der Waals surface area contributed by atoms with Crippen molar-refractivity contribution in [1.29, 1.82) is 0 Å². The molecule has 0 saturated carbocycles. The Bertz CT molecular complexity index is 287. The molecule has 0 nitrogen and oxygen atoms in total. The van der Waals surface area contributed by atoms with Gasteiger partial charge in [0.2, 0.25) is 0 Å². The van der Waals surface area contributed by atoms with E-state index in [2.05, 4.69) is 47.9 Å². The van der Waals surface area contributed by atoms with Gasteiger partial charge in [-0.3, -0.25) is 0 Å². The zero-order valence-corrected chi connectivity index (χ0v) is 8.34. The summed E-state index contributed by atoms with van der Waals surface area (Å²) in [5.74, 6) is 0. The number of hydrogen-bond donors (Lipinski definition) is 0. The van der Waals surface area contributed by atoms with E-state index in [1.54, 1.807) is 6.08 Å². The predicted octanol–water partition coefficient (Wildman–Crippen LogP) is 3.49. The average molecular weight is 256 g/mol. The number of rotatable bonds is 2. The molecule has 0 saturated heterocycles. The summed E-state index contributed by atoms with van der Waals surface area (Å²) in [6.07, 6.45) is 1.77. The predicted molar refractivity (Wildman–Crippen MR) is 58.4 cm³/mol. The van der Waals surface area contributed by atoms with Crippen molar-refractivity contribution in [3.05, 3.63) is 52.6 Å². The molecule has 0 aliphatic heterocycles. The Morgan fingerprint density at radius 2 is 2.18 bits per heavy atom. The van der Waals surface area contributed by atoms with Crippen molar-refractivity contribution in [3.63, 3.8) is 0 Å². The van der Waals surface area contributed by atoms with Crippen molar-refractivity contribution >= 4 is 28.2 Å². The van der Waals surface area contributed by atoms with Crippen molar-refractivity contribution in [2.75, 3.05) is 0 Å². The van der Waals surface area contributed by atoms with Crippen molar-refractivity contribution < 1.29 is 0 Å². The van der Waals surface area contributed by atoms with E-state index >= 15 is 0 Å². The average Bonchev–Trinajstić information content (AvgIpc) is 2.03. The molecule has 0 fully saturated rings. The summed E-state index contributed by atoms with van der Waals surface area (Å²) in [6, 6.07) is 8.20. The van der Waals surface area contributed by atoms with Crippen molar-refractivity contribution in [1.82, 2.24) is 0 Å². The second-order valence-electron chi connectivity index (χ2n) is 2.24. The van der Waals surface area contributed by atoms with Gasteiger partial charge in [0.05, 0.1) is 0 Å². The summed E-state index contributed by atoms with van der Waals surface area (Å²) >= 11 is 2.28. The fourth-order valence-corrected chi connectivity index (χ4v) is 1.35. The van der Waals surface area contributed by atoms with Gasteiger partial charge in [0, 0.05) is 3.57 Å². The van der Waals surface area contributed by atoms with Gasteiger partial charge >= 0.3 is 0 Å². The van der Waals surface area contributed by atoms with E-state index < -0.39 is 0 Å². The Morgan fingerprint density at radius 1 is 1.45 bits per heavy atom. The Kier molecular flexibility index (Phi) is 2.88. The first-order valence-corrected chi connectivity index (χ1v) is 4.39. The molecule has 0 radical (unpaired) electrons. The van der Waals surface area contributed by atoms with Gasteiger partial charge in [-0.05, 0) is 45.9 Å². The summed E-state index contributed by atoms with van der Waals surface area (Å²) in [5.41, 5.74) is 2.12. The van der Waals surface area contributed by atoms with Gasteiger partial charge < -0.3 is 0 Å². The van der Waals surface area contributed by atoms with Gasteiger partial charge in [-0.25, -0.2) is 0 Å². The highest BCUT2D eigenvalue weighted by atomic mass is 127. The van der Waals surface area contributed by atoms with Crippen LogP contribution in [0.5, 0.6) is 0 Å². The minimum atomic E-state index is 0.975. The molecule has 1 heteroatoms. The van der Waals surface area contributed by atoms with Crippen LogP contribution in [0.4, 0.5) is 0 Å². The van der Waals surface area contributed by atoms with E-state index in [-0.39, 0.29) is 0 Å². The monoisotopic (exact) mass is 256 g/mol. The summed E-state index contributed by atoms with van der Waals surface area (Å²) in [5, 5.41) is 0. The third-order valence-corrected chi connectivity index (χ3v) is 2.11. The van der Waals surface area contributed by atoms with Crippen LogP contribution in [0.3, 0.4) is 0 Å². The van der Waals surface area contributed by atoms with Crippen LogP contribution in [0.15, 0.2) is 43.5 Å². The SMILES string of the molecule is C=CC(=C)c1cccc(I)c1. The quantitative estimate of drug-likeness (QED) is 0.561. The molecule has 0 unspecified atom stereocenters. The smallest absolute Gasteiger partial charge is 0.0136 e. The van der Waals surface area contributed by atoms with Crippen LogP contribution >= 0.6 is 22.6 Å². The Balaban J connectivity index is 3.05. The van der Waals surface area contributed by atoms with Gasteiger partial charge in [0.25, 0.3) is 0 Å². The molecule has 0 spiro atoms. The standard InChI is InChI=1S/C10H9I/c1-3-8(2)9-5-4-6-10(11)7-9/h3-7H,1-2H2. The lowest BCUT2D eigenvalue weighted by Crippen LogP contribution is -1.78. The third-order valence-electron chi connectivity index (χ3n) is 1.44. The molecule has 0 aromatic heterocycles. The molecule has 0 heterocycles. The minimum absolute atomic E-state index is 0.975. The molecule has 1 aromatic rings. The molecule has 0 atom stereocenters. The molecule has 0 bridgehead atoms. The zero-order chi connectivity index (χ0) is 8.27. The van der Waals surface area contributed by atoms with Crippen LogP contribution in [0.25, 0.3) is 5.57 Å². The van der Waals surface area contributed by atoms with Crippen molar-refractivity contribution in [2.24, 2.45) is 0 Å². The Hall–Kier alpha value is -0.570. The maximum atomic E-state index is 3.86.